The lowest BCUT2D eigenvalue weighted by Gasteiger charge is -2.20. The van der Waals surface area contributed by atoms with E-state index in [1.54, 1.807) is 0 Å². The number of hydrogen-bond acceptors (Lipinski definition) is 2. The average Bonchev–Trinajstić information content (AvgIpc) is 3.10. The van der Waals surface area contributed by atoms with Crippen molar-refractivity contribution in [3.05, 3.63) is 69.8 Å². The van der Waals surface area contributed by atoms with Crippen LogP contribution in [-0.4, -0.2) is 42.6 Å². The molecular weight excluding hydrogens is 429 g/mol. The van der Waals surface area contributed by atoms with Gasteiger partial charge in [-0.15, -0.1) is 0 Å². The highest BCUT2D eigenvalue weighted by Crippen LogP contribution is 2.29. The van der Waals surface area contributed by atoms with E-state index in [4.69, 9.17) is 23.2 Å². The Kier molecular flexibility index (Phi) is 8.04. The Labute approximate surface area is 195 Å². The molecule has 0 bridgehead atoms. The zero-order valence-electron chi connectivity index (χ0n) is 18.7. The van der Waals surface area contributed by atoms with Crippen molar-refractivity contribution in [2.75, 3.05) is 27.2 Å². The lowest BCUT2D eigenvalue weighted by molar-refractivity contribution is 0.0951. The van der Waals surface area contributed by atoms with E-state index in [1.807, 2.05) is 62.8 Å². The van der Waals surface area contributed by atoms with Crippen LogP contribution in [-0.2, 0) is 6.54 Å². The van der Waals surface area contributed by atoms with E-state index in [9.17, 15) is 4.79 Å². The molecule has 1 atom stereocenters. The van der Waals surface area contributed by atoms with Gasteiger partial charge in [0.2, 0.25) is 0 Å². The van der Waals surface area contributed by atoms with Crippen LogP contribution in [0, 0.1) is 5.92 Å². The van der Waals surface area contributed by atoms with Crippen molar-refractivity contribution in [3.8, 4) is 0 Å². The van der Waals surface area contributed by atoms with Crippen LogP contribution in [0.15, 0.2) is 48.7 Å². The molecule has 1 aromatic heterocycles. The number of likely N-dealkylation sites (N-methyl/N-ethyl adjacent to an activating group) is 1. The first-order chi connectivity index (χ1) is 14.8. The van der Waals surface area contributed by atoms with Gasteiger partial charge in [-0.05, 0) is 56.3 Å². The quantitative estimate of drug-likeness (QED) is 0.421. The van der Waals surface area contributed by atoms with E-state index in [0.29, 0.717) is 23.0 Å². The van der Waals surface area contributed by atoms with E-state index in [-0.39, 0.29) is 11.8 Å². The summed E-state index contributed by atoms with van der Waals surface area (Å²) in [5.74, 6) is 0.642. The Morgan fingerprint density at radius 2 is 1.81 bits per heavy atom. The Morgan fingerprint density at radius 3 is 2.45 bits per heavy atom. The first-order valence-corrected chi connectivity index (χ1v) is 11.5. The van der Waals surface area contributed by atoms with Crippen molar-refractivity contribution >= 4 is 40.0 Å². The summed E-state index contributed by atoms with van der Waals surface area (Å²) >= 11 is 12.6. The monoisotopic (exact) mass is 459 g/mol. The number of nitrogens with one attached hydrogen (secondary N) is 1. The van der Waals surface area contributed by atoms with Crippen LogP contribution in [0.25, 0.3) is 10.9 Å². The molecule has 1 amide bonds. The molecule has 3 rings (SSSR count). The van der Waals surface area contributed by atoms with E-state index in [0.717, 1.165) is 35.4 Å². The highest BCUT2D eigenvalue weighted by Gasteiger charge is 2.20. The summed E-state index contributed by atoms with van der Waals surface area (Å²) in [5.41, 5.74) is 2.79. The fourth-order valence-electron chi connectivity index (χ4n) is 3.93. The van der Waals surface area contributed by atoms with Gasteiger partial charge >= 0.3 is 0 Å². The summed E-state index contributed by atoms with van der Waals surface area (Å²) in [6.07, 6.45) is 2.91. The molecule has 166 valence electrons. The smallest absolute Gasteiger partial charge is 0.253 e. The molecule has 0 aliphatic rings. The lowest BCUT2D eigenvalue weighted by atomic mass is 9.90. The van der Waals surface area contributed by atoms with Gasteiger partial charge in [0.1, 0.15) is 0 Å². The fourth-order valence-corrected chi connectivity index (χ4v) is 4.32. The summed E-state index contributed by atoms with van der Waals surface area (Å²) < 4.78 is 2.11. The third-order valence-electron chi connectivity index (χ3n) is 5.49. The summed E-state index contributed by atoms with van der Waals surface area (Å²) in [4.78, 5) is 15.3. The van der Waals surface area contributed by atoms with Gasteiger partial charge in [0.05, 0.1) is 16.1 Å². The maximum atomic E-state index is 13.2. The number of benzene rings is 2. The van der Waals surface area contributed by atoms with E-state index in [1.165, 1.54) is 5.56 Å². The minimum Gasteiger partial charge on any atom is -0.351 e. The zero-order chi connectivity index (χ0) is 22.5. The van der Waals surface area contributed by atoms with E-state index in [2.05, 4.69) is 28.6 Å². The predicted octanol–water partition coefficient (Wildman–Crippen LogP) is 6.07. The van der Waals surface area contributed by atoms with Crippen LogP contribution in [0.4, 0.5) is 0 Å². The van der Waals surface area contributed by atoms with Crippen molar-refractivity contribution < 1.29 is 4.79 Å². The average molecular weight is 460 g/mol. The molecule has 4 nitrogen and oxygen atoms in total. The van der Waals surface area contributed by atoms with Gasteiger partial charge in [0, 0.05) is 42.2 Å². The number of aromatic nitrogens is 1. The second-order valence-corrected chi connectivity index (χ2v) is 9.61. The number of nitrogens with zero attached hydrogens (tertiary/aromatic N) is 2. The molecule has 0 spiro atoms. The minimum absolute atomic E-state index is 0.0931. The normalized spacial score (nSPS) is 12.6. The van der Waals surface area contributed by atoms with Crippen LogP contribution in [0.1, 0.15) is 42.1 Å². The number of rotatable bonds is 9. The molecule has 0 aliphatic heterocycles. The third kappa shape index (κ3) is 6.03. The number of carbonyl (C=O) groups is 1. The van der Waals surface area contributed by atoms with Crippen molar-refractivity contribution in [3.63, 3.8) is 0 Å². The van der Waals surface area contributed by atoms with Crippen molar-refractivity contribution in [2.45, 2.75) is 32.7 Å². The van der Waals surface area contributed by atoms with Crippen molar-refractivity contribution in [1.82, 2.24) is 14.8 Å². The van der Waals surface area contributed by atoms with E-state index >= 15 is 0 Å². The molecule has 2 aromatic carbocycles. The zero-order valence-corrected chi connectivity index (χ0v) is 20.2. The standard InChI is InChI=1S/C25H31Cl2N3O/c1-17(2)14-19(18-8-10-20(26)11-9-18)15-28-25(31)21-16-30(13-12-29(3)4)23-7-5-6-22(27)24(21)23/h5-11,16-17,19H,12-15H2,1-4H3,(H,28,31). The third-order valence-corrected chi connectivity index (χ3v) is 6.06. The van der Waals surface area contributed by atoms with Crippen LogP contribution in [0.5, 0.6) is 0 Å². The SMILES string of the molecule is CC(C)CC(CNC(=O)c1cn(CCN(C)C)c2cccc(Cl)c12)c1ccc(Cl)cc1. The Bertz CT molecular complexity index is 1030. The summed E-state index contributed by atoms with van der Waals surface area (Å²) in [7, 11) is 4.08. The number of fused-ring (bicyclic) bond motifs is 1. The molecule has 1 unspecified atom stereocenters. The van der Waals surface area contributed by atoms with Gasteiger partial charge in [-0.25, -0.2) is 0 Å². The number of carbonyl (C=O) groups excluding carboxylic acids is 1. The molecule has 1 N–H and O–H groups in total. The van der Waals surface area contributed by atoms with Crippen LogP contribution in [0.3, 0.4) is 0 Å². The number of halogens is 2. The molecule has 0 fully saturated rings. The van der Waals surface area contributed by atoms with Crippen LogP contribution < -0.4 is 5.32 Å². The first-order valence-electron chi connectivity index (χ1n) is 10.7. The van der Waals surface area contributed by atoms with Gasteiger partial charge < -0.3 is 14.8 Å². The predicted molar refractivity (Wildman–Crippen MR) is 131 cm³/mol. The minimum atomic E-state index is -0.0931. The lowest BCUT2D eigenvalue weighted by Crippen LogP contribution is -2.29. The summed E-state index contributed by atoms with van der Waals surface area (Å²) in [5, 5.41) is 5.29. The largest absolute Gasteiger partial charge is 0.351 e. The summed E-state index contributed by atoms with van der Waals surface area (Å²) in [6.45, 7) is 6.63. The maximum absolute atomic E-state index is 13.2. The van der Waals surface area contributed by atoms with Crippen molar-refractivity contribution in [2.24, 2.45) is 5.92 Å². The Hall–Kier alpha value is -2.01. The molecule has 0 saturated heterocycles. The molecule has 0 saturated carbocycles. The maximum Gasteiger partial charge on any atom is 0.253 e. The number of hydrogen-bond donors (Lipinski definition) is 1. The Morgan fingerprint density at radius 1 is 1.10 bits per heavy atom. The van der Waals surface area contributed by atoms with Gasteiger partial charge in [0.15, 0.2) is 0 Å². The molecule has 31 heavy (non-hydrogen) atoms. The number of amides is 1. The van der Waals surface area contributed by atoms with Crippen molar-refractivity contribution in [1.29, 1.82) is 0 Å². The highest BCUT2D eigenvalue weighted by molar-refractivity contribution is 6.36. The molecule has 0 radical (unpaired) electrons. The first kappa shape index (κ1) is 23.6. The van der Waals surface area contributed by atoms with Gasteiger partial charge in [0.25, 0.3) is 5.91 Å². The topological polar surface area (TPSA) is 37.3 Å². The van der Waals surface area contributed by atoms with Gasteiger partial charge in [-0.3, -0.25) is 4.79 Å². The molecule has 1 heterocycles. The van der Waals surface area contributed by atoms with E-state index < -0.39 is 0 Å². The fraction of sp³-hybridized carbons (Fsp3) is 0.400. The summed E-state index contributed by atoms with van der Waals surface area (Å²) in [6, 6.07) is 13.7. The van der Waals surface area contributed by atoms with Gasteiger partial charge in [-0.1, -0.05) is 55.2 Å². The molecule has 0 aliphatic carbocycles. The molecule has 3 aromatic rings. The second kappa shape index (κ2) is 10.5. The van der Waals surface area contributed by atoms with Gasteiger partial charge in [-0.2, -0.15) is 0 Å². The molecule has 6 heteroatoms. The van der Waals surface area contributed by atoms with Crippen LogP contribution in [0.2, 0.25) is 10.0 Å². The molecular formula is C25H31Cl2N3O. The van der Waals surface area contributed by atoms with Crippen LogP contribution >= 0.6 is 23.2 Å². The second-order valence-electron chi connectivity index (χ2n) is 8.76. The highest BCUT2D eigenvalue weighted by atomic mass is 35.5. The Balaban J connectivity index is 1.83.